The first-order chi connectivity index (χ1) is 16.2. The number of halogens is 1. The molecule has 0 radical (unpaired) electrons. The van der Waals surface area contributed by atoms with Crippen LogP contribution in [0.2, 0.25) is 5.02 Å². The third-order valence-corrected chi connectivity index (χ3v) is 7.51. The van der Waals surface area contributed by atoms with Gasteiger partial charge in [0.15, 0.2) is 6.61 Å². The van der Waals surface area contributed by atoms with Crippen molar-refractivity contribution >= 4 is 39.4 Å². The van der Waals surface area contributed by atoms with Crippen molar-refractivity contribution in [1.29, 1.82) is 0 Å². The van der Waals surface area contributed by atoms with Gasteiger partial charge in [-0.15, -0.1) is 0 Å². The Balaban J connectivity index is 1.49. The van der Waals surface area contributed by atoms with Crippen molar-refractivity contribution in [2.45, 2.75) is 24.3 Å². The molecule has 1 aliphatic rings. The average molecular weight is 508 g/mol. The summed E-state index contributed by atoms with van der Waals surface area (Å²) in [6, 6.07) is 14.3. The third kappa shape index (κ3) is 6.78. The van der Waals surface area contributed by atoms with Crippen LogP contribution in [-0.4, -0.2) is 68.2 Å². The molecule has 1 atom stereocenters. The molecule has 1 N–H and O–H groups in total. The lowest BCUT2D eigenvalue weighted by atomic mass is 10.0. The van der Waals surface area contributed by atoms with Crippen molar-refractivity contribution in [3.8, 4) is 0 Å². The summed E-state index contributed by atoms with van der Waals surface area (Å²) in [7, 11) is -3.69. The smallest absolute Gasteiger partial charge is 0.308 e. The van der Waals surface area contributed by atoms with Crippen LogP contribution in [0, 0.1) is 0 Å². The number of carbonyl (C=O) groups excluding carboxylic acids is 3. The average Bonchev–Trinajstić information content (AvgIpc) is 2.83. The number of benzene rings is 2. The predicted molar refractivity (Wildman–Crippen MR) is 125 cm³/mol. The molecule has 0 spiro atoms. The number of nitrogens with one attached hydrogen (secondary N) is 1. The first-order valence-corrected chi connectivity index (χ1v) is 12.5. The van der Waals surface area contributed by atoms with E-state index in [-0.39, 0.29) is 43.4 Å². The topological polar surface area (TPSA) is 113 Å². The second-order valence-electron chi connectivity index (χ2n) is 7.77. The second kappa shape index (κ2) is 11.5. The fraction of sp³-hybridized carbons (Fsp3) is 0.348. The van der Waals surface area contributed by atoms with Gasteiger partial charge in [0.25, 0.3) is 5.91 Å². The van der Waals surface area contributed by atoms with Gasteiger partial charge in [-0.1, -0.05) is 41.9 Å². The molecule has 0 aliphatic carbocycles. The Labute approximate surface area is 203 Å². The van der Waals surface area contributed by atoms with Gasteiger partial charge in [-0.2, -0.15) is 4.31 Å². The normalized spacial score (nSPS) is 15.4. The van der Waals surface area contributed by atoms with Crippen LogP contribution in [0.3, 0.4) is 0 Å². The molecule has 182 valence electrons. The van der Waals surface area contributed by atoms with Gasteiger partial charge in [-0.3, -0.25) is 14.4 Å². The minimum absolute atomic E-state index is 0.121. The summed E-state index contributed by atoms with van der Waals surface area (Å²) in [6.07, 6.45) is -0.121. The maximum atomic E-state index is 12.8. The van der Waals surface area contributed by atoms with E-state index in [9.17, 15) is 22.8 Å². The van der Waals surface area contributed by atoms with Crippen LogP contribution >= 0.6 is 11.6 Å². The van der Waals surface area contributed by atoms with Crippen LogP contribution in [0.5, 0.6) is 0 Å². The Morgan fingerprint density at radius 3 is 2.21 bits per heavy atom. The number of rotatable bonds is 8. The summed E-state index contributed by atoms with van der Waals surface area (Å²) < 4.78 is 32.0. The molecular formula is C23H26ClN3O6S. The standard InChI is InChI=1S/C23H26ClN3O6S/c1-17(28)25-21(18-5-3-2-4-6-18)15-23(30)33-16-22(29)26-11-13-27(14-12-26)34(31,32)20-9-7-19(24)8-10-20/h2-10,21H,11-16H2,1H3,(H,25,28)/t21-/m0/s1. The van der Waals surface area contributed by atoms with Crippen molar-refractivity contribution in [1.82, 2.24) is 14.5 Å². The lowest BCUT2D eigenvalue weighted by Gasteiger charge is -2.33. The highest BCUT2D eigenvalue weighted by Crippen LogP contribution is 2.20. The van der Waals surface area contributed by atoms with E-state index in [1.807, 2.05) is 6.07 Å². The van der Waals surface area contributed by atoms with E-state index >= 15 is 0 Å². The Morgan fingerprint density at radius 2 is 1.62 bits per heavy atom. The first-order valence-electron chi connectivity index (χ1n) is 10.7. The molecule has 0 bridgehead atoms. The van der Waals surface area contributed by atoms with Gasteiger partial charge < -0.3 is 15.0 Å². The highest BCUT2D eigenvalue weighted by Gasteiger charge is 2.30. The largest absolute Gasteiger partial charge is 0.455 e. The maximum Gasteiger partial charge on any atom is 0.308 e. The van der Waals surface area contributed by atoms with E-state index in [4.69, 9.17) is 16.3 Å². The van der Waals surface area contributed by atoms with Crippen molar-refractivity contribution in [3.63, 3.8) is 0 Å². The molecule has 9 nitrogen and oxygen atoms in total. The van der Waals surface area contributed by atoms with Crippen molar-refractivity contribution in [2.75, 3.05) is 32.8 Å². The molecule has 1 heterocycles. The highest BCUT2D eigenvalue weighted by molar-refractivity contribution is 7.89. The zero-order valence-corrected chi connectivity index (χ0v) is 20.2. The van der Waals surface area contributed by atoms with E-state index < -0.39 is 34.5 Å². The summed E-state index contributed by atoms with van der Waals surface area (Å²) in [5.41, 5.74) is 0.749. The number of hydrogen-bond acceptors (Lipinski definition) is 6. The van der Waals surface area contributed by atoms with Gasteiger partial charge in [0.1, 0.15) is 0 Å². The van der Waals surface area contributed by atoms with Gasteiger partial charge in [-0.05, 0) is 29.8 Å². The molecule has 11 heteroatoms. The second-order valence-corrected chi connectivity index (χ2v) is 10.1. The van der Waals surface area contributed by atoms with Gasteiger partial charge in [-0.25, -0.2) is 8.42 Å². The van der Waals surface area contributed by atoms with Crippen molar-refractivity contribution in [2.24, 2.45) is 0 Å². The Hall–Kier alpha value is -2.95. The Morgan fingerprint density at radius 1 is 1.00 bits per heavy atom. The number of nitrogens with zero attached hydrogens (tertiary/aromatic N) is 2. The molecule has 34 heavy (non-hydrogen) atoms. The molecule has 1 aliphatic heterocycles. The monoisotopic (exact) mass is 507 g/mol. The molecule has 0 unspecified atom stereocenters. The van der Waals surface area contributed by atoms with Crippen LogP contribution in [0.25, 0.3) is 0 Å². The number of amides is 2. The van der Waals surface area contributed by atoms with Crippen LogP contribution < -0.4 is 5.32 Å². The number of carbonyl (C=O) groups is 3. The summed E-state index contributed by atoms with van der Waals surface area (Å²) in [4.78, 5) is 37.9. The quantitative estimate of drug-likeness (QED) is 0.547. The number of sulfonamides is 1. The van der Waals surface area contributed by atoms with E-state index in [1.165, 1.54) is 40.4 Å². The van der Waals surface area contributed by atoms with Crippen LogP contribution in [-0.2, 0) is 29.1 Å². The molecule has 2 aromatic rings. The van der Waals surface area contributed by atoms with E-state index in [0.717, 1.165) is 5.56 Å². The summed E-state index contributed by atoms with van der Waals surface area (Å²) in [5, 5.41) is 3.15. The molecule has 3 rings (SSSR count). The molecular weight excluding hydrogens is 482 g/mol. The van der Waals surface area contributed by atoms with Crippen LogP contribution in [0.4, 0.5) is 0 Å². The van der Waals surface area contributed by atoms with E-state index in [0.29, 0.717) is 5.02 Å². The summed E-state index contributed by atoms with van der Waals surface area (Å²) in [5.74, 6) is -1.32. The summed E-state index contributed by atoms with van der Waals surface area (Å²) >= 11 is 5.83. The fourth-order valence-electron chi connectivity index (χ4n) is 3.58. The van der Waals surface area contributed by atoms with Crippen molar-refractivity contribution in [3.05, 3.63) is 65.2 Å². The number of hydrogen-bond donors (Lipinski definition) is 1. The third-order valence-electron chi connectivity index (χ3n) is 5.35. The van der Waals surface area contributed by atoms with Crippen LogP contribution in [0.15, 0.2) is 59.5 Å². The van der Waals surface area contributed by atoms with E-state index in [2.05, 4.69) is 5.32 Å². The lowest BCUT2D eigenvalue weighted by Crippen LogP contribution is -2.51. The molecule has 1 fully saturated rings. The zero-order valence-electron chi connectivity index (χ0n) is 18.6. The van der Waals surface area contributed by atoms with Crippen molar-refractivity contribution < 1.29 is 27.5 Å². The fourth-order valence-corrected chi connectivity index (χ4v) is 5.12. The van der Waals surface area contributed by atoms with Crippen LogP contribution in [0.1, 0.15) is 24.9 Å². The SMILES string of the molecule is CC(=O)N[C@@H](CC(=O)OCC(=O)N1CCN(S(=O)(=O)c2ccc(Cl)cc2)CC1)c1ccccc1. The van der Waals surface area contributed by atoms with E-state index in [1.54, 1.807) is 24.3 Å². The predicted octanol–water partition coefficient (Wildman–Crippen LogP) is 1.98. The maximum absolute atomic E-state index is 12.8. The molecule has 0 saturated carbocycles. The molecule has 0 aromatic heterocycles. The minimum Gasteiger partial charge on any atom is -0.455 e. The molecule has 2 aromatic carbocycles. The van der Waals surface area contributed by atoms with Gasteiger partial charge in [0.2, 0.25) is 15.9 Å². The van der Waals surface area contributed by atoms with Gasteiger partial charge in [0.05, 0.1) is 17.4 Å². The number of ether oxygens (including phenoxy) is 1. The Bertz CT molecular complexity index is 1120. The number of esters is 1. The number of piperazine rings is 1. The minimum atomic E-state index is -3.69. The lowest BCUT2D eigenvalue weighted by molar-refractivity contribution is -0.153. The Kier molecular flexibility index (Phi) is 8.65. The molecule has 2 amide bonds. The highest BCUT2D eigenvalue weighted by atomic mass is 35.5. The van der Waals surface area contributed by atoms with Gasteiger partial charge >= 0.3 is 5.97 Å². The van der Waals surface area contributed by atoms with Gasteiger partial charge in [0, 0.05) is 38.1 Å². The summed E-state index contributed by atoms with van der Waals surface area (Å²) in [6.45, 7) is 1.53. The zero-order chi connectivity index (χ0) is 24.7. The molecule has 1 saturated heterocycles. The first kappa shape index (κ1) is 25.7.